The second-order valence-corrected chi connectivity index (χ2v) is 5.79. The number of ether oxygens (including phenoxy) is 2. The van der Waals surface area contributed by atoms with E-state index in [0.717, 1.165) is 0 Å². The van der Waals surface area contributed by atoms with Crippen LogP contribution >= 0.6 is 0 Å². The van der Waals surface area contributed by atoms with Gasteiger partial charge in [-0.2, -0.15) is 0 Å². The van der Waals surface area contributed by atoms with Crippen LogP contribution < -0.4 is 9.47 Å². The highest BCUT2D eigenvalue weighted by molar-refractivity contribution is 5.87. The Balaban J connectivity index is 2.65. The molecule has 0 bridgehead atoms. The van der Waals surface area contributed by atoms with Crippen LogP contribution in [0.15, 0.2) is 18.2 Å². The van der Waals surface area contributed by atoms with E-state index in [1.165, 1.54) is 11.8 Å². The molecular formula is C15H19N3O4. The van der Waals surface area contributed by atoms with Gasteiger partial charge >= 0.3 is 5.97 Å². The molecule has 0 aliphatic carbocycles. The summed E-state index contributed by atoms with van der Waals surface area (Å²) in [5, 5.41) is 17.1. The predicted molar refractivity (Wildman–Crippen MR) is 80.1 cm³/mol. The Morgan fingerprint density at radius 3 is 2.32 bits per heavy atom. The van der Waals surface area contributed by atoms with Crippen molar-refractivity contribution in [2.45, 2.75) is 26.2 Å². The fourth-order valence-corrected chi connectivity index (χ4v) is 2.24. The number of benzene rings is 1. The summed E-state index contributed by atoms with van der Waals surface area (Å²) < 4.78 is 12.0. The first kappa shape index (κ1) is 15.8. The molecule has 2 rings (SSSR count). The van der Waals surface area contributed by atoms with Crippen LogP contribution in [0.4, 0.5) is 0 Å². The molecule has 1 aromatic heterocycles. The normalized spacial score (nSPS) is 11.3. The second-order valence-electron chi connectivity index (χ2n) is 5.79. The average Bonchev–Trinajstić information content (AvgIpc) is 2.91. The van der Waals surface area contributed by atoms with E-state index < -0.39 is 11.4 Å². The number of hydrogen-bond donors (Lipinski definition) is 1. The summed E-state index contributed by atoms with van der Waals surface area (Å²) in [6, 6.07) is 5.24. The van der Waals surface area contributed by atoms with Crippen LogP contribution in [0.2, 0.25) is 0 Å². The minimum Gasteiger partial charge on any atom is -0.493 e. The number of carboxylic acid groups (broad SMARTS) is 1. The first-order valence-corrected chi connectivity index (χ1v) is 6.71. The molecule has 0 atom stereocenters. The Labute approximate surface area is 128 Å². The van der Waals surface area contributed by atoms with Gasteiger partial charge in [0.05, 0.1) is 25.6 Å². The van der Waals surface area contributed by atoms with Crippen LogP contribution in [0.5, 0.6) is 11.5 Å². The van der Waals surface area contributed by atoms with Gasteiger partial charge in [-0.25, -0.2) is 9.48 Å². The van der Waals surface area contributed by atoms with E-state index in [1.807, 2.05) is 20.8 Å². The van der Waals surface area contributed by atoms with Crippen molar-refractivity contribution in [3.63, 3.8) is 0 Å². The number of nitrogens with zero attached hydrogens (tertiary/aromatic N) is 3. The third-order valence-electron chi connectivity index (χ3n) is 3.19. The fraction of sp³-hybridized carbons (Fsp3) is 0.400. The molecule has 0 spiro atoms. The summed E-state index contributed by atoms with van der Waals surface area (Å²) in [5.74, 6) is 0.0195. The van der Waals surface area contributed by atoms with Crippen molar-refractivity contribution in [2.24, 2.45) is 0 Å². The Hall–Kier alpha value is -2.57. The predicted octanol–water partition coefficient (Wildman–Crippen LogP) is 2.28. The lowest BCUT2D eigenvalue weighted by atomic mass is 9.90. The number of carbonyl (C=O) groups is 1. The molecule has 0 amide bonds. The number of rotatable bonds is 4. The Morgan fingerprint density at radius 1 is 1.18 bits per heavy atom. The lowest BCUT2D eigenvalue weighted by Gasteiger charge is -2.20. The smallest absolute Gasteiger partial charge is 0.358 e. The number of hydrogen-bond acceptors (Lipinski definition) is 5. The summed E-state index contributed by atoms with van der Waals surface area (Å²) in [6.07, 6.45) is 0. The molecule has 118 valence electrons. The van der Waals surface area contributed by atoms with Crippen molar-refractivity contribution < 1.29 is 19.4 Å². The van der Waals surface area contributed by atoms with Gasteiger partial charge in [-0.05, 0) is 12.1 Å². The van der Waals surface area contributed by atoms with Crippen molar-refractivity contribution >= 4 is 5.97 Å². The molecule has 1 aromatic carbocycles. The summed E-state index contributed by atoms with van der Waals surface area (Å²) in [4.78, 5) is 11.4. The SMILES string of the molecule is COc1ccc(-n2nnc(C(=O)O)c2C(C)(C)C)cc1OC. The van der Waals surface area contributed by atoms with Gasteiger partial charge in [-0.15, -0.1) is 5.10 Å². The molecule has 0 aliphatic heterocycles. The molecule has 0 aliphatic rings. The van der Waals surface area contributed by atoms with E-state index >= 15 is 0 Å². The number of methoxy groups -OCH3 is 2. The van der Waals surface area contributed by atoms with Gasteiger partial charge < -0.3 is 14.6 Å². The Bertz CT molecular complexity index is 701. The Kier molecular flexibility index (Phi) is 4.07. The summed E-state index contributed by atoms with van der Waals surface area (Å²) >= 11 is 0. The first-order chi connectivity index (χ1) is 10.3. The molecule has 0 unspecified atom stereocenters. The zero-order valence-electron chi connectivity index (χ0n) is 13.2. The van der Waals surface area contributed by atoms with Crippen molar-refractivity contribution in [2.75, 3.05) is 14.2 Å². The van der Waals surface area contributed by atoms with Crippen LogP contribution in [-0.2, 0) is 5.41 Å². The maximum absolute atomic E-state index is 11.4. The van der Waals surface area contributed by atoms with Crippen LogP contribution in [0.1, 0.15) is 37.0 Å². The monoisotopic (exact) mass is 305 g/mol. The first-order valence-electron chi connectivity index (χ1n) is 6.71. The third-order valence-corrected chi connectivity index (χ3v) is 3.19. The van der Waals surface area contributed by atoms with Crippen molar-refractivity contribution in [3.8, 4) is 17.2 Å². The largest absolute Gasteiger partial charge is 0.493 e. The number of carboxylic acids is 1. The minimum absolute atomic E-state index is 0.0534. The summed E-state index contributed by atoms with van der Waals surface area (Å²) in [5.41, 5.74) is 0.682. The Morgan fingerprint density at radius 2 is 1.82 bits per heavy atom. The highest BCUT2D eigenvalue weighted by Gasteiger charge is 2.29. The van der Waals surface area contributed by atoms with Crippen LogP contribution in [-0.4, -0.2) is 40.3 Å². The van der Waals surface area contributed by atoms with E-state index in [1.54, 1.807) is 25.3 Å². The lowest BCUT2D eigenvalue weighted by molar-refractivity contribution is 0.0687. The van der Waals surface area contributed by atoms with Crippen LogP contribution in [0.3, 0.4) is 0 Å². The van der Waals surface area contributed by atoms with E-state index in [4.69, 9.17) is 9.47 Å². The maximum atomic E-state index is 11.4. The topological polar surface area (TPSA) is 86.5 Å². The third kappa shape index (κ3) is 2.74. The van der Waals surface area contributed by atoms with Gasteiger partial charge in [0.2, 0.25) is 0 Å². The fourth-order valence-electron chi connectivity index (χ4n) is 2.24. The van der Waals surface area contributed by atoms with Gasteiger partial charge in [-0.3, -0.25) is 0 Å². The van der Waals surface area contributed by atoms with E-state index in [9.17, 15) is 9.90 Å². The van der Waals surface area contributed by atoms with E-state index in [-0.39, 0.29) is 5.69 Å². The quantitative estimate of drug-likeness (QED) is 0.932. The molecule has 2 aromatic rings. The van der Waals surface area contributed by atoms with Gasteiger partial charge in [0, 0.05) is 11.5 Å². The zero-order valence-corrected chi connectivity index (χ0v) is 13.2. The molecule has 0 saturated carbocycles. The van der Waals surface area contributed by atoms with Gasteiger partial charge in [-0.1, -0.05) is 26.0 Å². The minimum atomic E-state index is -1.10. The zero-order chi connectivity index (χ0) is 16.5. The number of aromatic carboxylic acids is 1. The summed E-state index contributed by atoms with van der Waals surface area (Å²) in [6.45, 7) is 5.74. The van der Waals surface area contributed by atoms with Crippen molar-refractivity contribution in [1.82, 2.24) is 15.0 Å². The van der Waals surface area contributed by atoms with Crippen LogP contribution in [0, 0.1) is 0 Å². The molecule has 7 heteroatoms. The second kappa shape index (κ2) is 5.67. The van der Waals surface area contributed by atoms with E-state index in [0.29, 0.717) is 22.9 Å². The molecule has 7 nitrogen and oxygen atoms in total. The molecule has 1 heterocycles. The highest BCUT2D eigenvalue weighted by Crippen LogP contribution is 2.32. The lowest BCUT2D eigenvalue weighted by Crippen LogP contribution is -2.21. The maximum Gasteiger partial charge on any atom is 0.358 e. The molecule has 1 N–H and O–H groups in total. The molecule has 0 saturated heterocycles. The molecular weight excluding hydrogens is 286 g/mol. The van der Waals surface area contributed by atoms with Crippen LogP contribution in [0.25, 0.3) is 5.69 Å². The summed E-state index contributed by atoms with van der Waals surface area (Å²) in [7, 11) is 3.09. The van der Waals surface area contributed by atoms with E-state index in [2.05, 4.69) is 10.3 Å². The van der Waals surface area contributed by atoms with Crippen molar-refractivity contribution in [3.05, 3.63) is 29.6 Å². The standard InChI is InChI=1S/C15H19N3O4/c1-15(2,3)13-12(14(19)20)16-17-18(13)9-6-7-10(21-4)11(8-9)22-5/h6-8H,1-5H3,(H,19,20). The number of aromatic nitrogens is 3. The van der Waals surface area contributed by atoms with Gasteiger partial charge in [0.25, 0.3) is 0 Å². The van der Waals surface area contributed by atoms with Gasteiger partial charge in [0.15, 0.2) is 17.2 Å². The average molecular weight is 305 g/mol. The molecule has 22 heavy (non-hydrogen) atoms. The highest BCUT2D eigenvalue weighted by atomic mass is 16.5. The van der Waals surface area contributed by atoms with Crippen molar-refractivity contribution in [1.29, 1.82) is 0 Å². The molecule has 0 radical (unpaired) electrons. The van der Waals surface area contributed by atoms with Gasteiger partial charge in [0.1, 0.15) is 0 Å². The molecule has 0 fully saturated rings.